The van der Waals surface area contributed by atoms with E-state index in [1.165, 1.54) is 0 Å². The van der Waals surface area contributed by atoms with Gasteiger partial charge in [0.25, 0.3) is 0 Å². The van der Waals surface area contributed by atoms with Gasteiger partial charge in [0.05, 0.1) is 6.54 Å². The zero-order valence-corrected chi connectivity index (χ0v) is 8.93. The van der Waals surface area contributed by atoms with Crippen LogP contribution in [-0.2, 0) is 16.0 Å². The Morgan fingerprint density at radius 3 is 2.38 bits per heavy atom. The molecule has 1 aromatic carbocycles. The normalized spacial score (nSPS) is 12.1. The van der Waals surface area contributed by atoms with Crippen molar-refractivity contribution >= 4 is 11.8 Å². The number of ketones is 1. The predicted octanol–water partition coefficient (Wildman–Crippen LogP) is 0.848. The summed E-state index contributed by atoms with van der Waals surface area (Å²) in [5.74, 6) is -2.49. The molecule has 4 nitrogen and oxygen atoms in total. The van der Waals surface area contributed by atoms with Gasteiger partial charge < -0.3 is 10.8 Å². The molecule has 3 N–H and O–H groups in total. The maximum absolute atomic E-state index is 11.3. The van der Waals surface area contributed by atoms with E-state index in [1.54, 1.807) is 0 Å². The summed E-state index contributed by atoms with van der Waals surface area (Å²) in [5.41, 5.74) is 6.19. The fraction of sp³-hybridized carbons (Fsp3) is 0.333. The van der Waals surface area contributed by atoms with Crippen LogP contribution in [0, 0.1) is 5.92 Å². The second-order valence-corrected chi connectivity index (χ2v) is 3.59. The summed E-state index contributed by atoms with van der Waals surface area (Å²) < 4.78 is 0. The molecule has 0 aliphatic carbocycles. The minimum Gasteiger partial charge on any atom is -0.481 e. The molecular formula is C12H15NO3. The van der Waals surface area contributed by atoms with E-state index in [0.29, 0.717) is 12.8 Å². The Bertz CT molecular complexity index is 362. The van der Waals surface area contributed by atoms with Crippen LogP contribution < -0.4 is 5.73 Å². The second kappa shape index (κ2) is 6.02. The van der Waals surface area contributed by atoms with Gasteiger partial charge in [-0.1, -0.05) is 30.3 Å². The fourth-order valence-electron chi connectivity index (χ4n) is 1.52. The van der Waals surface area contributed by atoms with Crippen molar-refractivity contribution < 1.29 is 14.7 Å². The topological polar surface area (TPSA) is 80.4 Å². The molecule has 4 heteroatoms. The summed E-state index contributed by atoms with van der Waals surface area (Å²) in [6.07, 6.45) is 0.874. The van der Waals surface area contributed by atoms with Crippen LogP contribution in [0.2, 0.25) is 0 Å². The molecule has 1 rings (SSSR count). The number of aliphatic carboxylic acids is 1. The highest BCUT2D eigenvalue weighted by atomic mass is 16.4. The van der Waals surface area contributed by atoms with Crippen molar-refractivity contribution in [2.45, 2.75) is 12.8 Å². The first kappa shape index (κ1) is 12.4. The van der Waals surface area contributed by atoms with Crippen LogP contribution >= 0.6 is 0 Å². The molecule has 0 aromatic heterocycles. The van der Waals surface area contributed by atoms with Crippen molar-refractivity contribution in [3.8, 4) is 0 Å². The molecule has 0 heterocycles. The Morgan fingerprint density at radius 2 is 1.88 bits per heavy atom. The van der Waals surface area contributed by atoms with Gasteiger partial charge in [-0.25, -0.2) is 0 Å². The molecule has 0 saturated carbocycles. The third kappa shape index (κ3) is 3.47. The summed E-state index contributed by atoms with van der Waals surface area (Å²) in [7, 11) is 0. The first-order valence-corrected chi connectivity index (χ1v) is 5.14. The van der Waals surface area contributed by atoms with Crippen molar-refractivity contribution in [2.75, 3.05) is 6.54 Å². The van der Waals surface area contributed by atoms with Gasteiger partial charge in [-0.05, 0) is 18.4 Å². The van der Waals surface area contributed by atoms with Crippen LogP contribution in [0.15, 0.2) is 30.3 Å². The SMILES string of the molecule is NCC(=O)C(CCc1ccccc1)C(=O)O. The minimum atomic E-state index is -1.09. The van der Waals surface area contributed by atoms with E-state index < -0.39 is 17.7 Å². The largest absolute Gasteiger partial charge is 0.481 e. The van der Waals surface area contributed by atoms with E-state index in [-0.39, 0.29) is 6.54 Å². The Balaban J connectivity index is 2.57. The summed E-state index contributed by atoms with van der Waals surface area (Å²) in [6, 6.07) is 9.48. The van der Waals surface area contributed by atoms with Crippen LogP contribution in [0.1, 0.15) is 12.0 Å². The van der Waals surface area contributed by atoms with Gasteiger partial charge in [0.15, 0.2) is 5.78 Å². The van der Waals surface area contributed by atoms with E-state index in [0.717, 1.165) is 5.56 Å². The standard InChI is InChI=1S/C12H15NO3/c13-8-11(14)10(12(15)16)7-6-9-4-2-1-3-5-9/h1-5,10H,6-8,13H2,(H,15,16). The van der Waals surface area contributed by atoms with E-state index in [4.69, 9.17) is 10.8 Å². The zero-order valence-electron chi connectivity index (χ0n) is 8.93. The highest BCUT2D eigenvalue weighted by Gasteiger charge is 2.24. The Labute approximate surface area is 94.1 Å². The summed E-state index contributed by atoms with van der Waals surface area (Å²) in [4.78, 5) is 22.1. The quantitative estimate of drug-likeness (QED) is 0.698. The molecule has 0 radical (unpaired) electrons. The molecule has 0 saturated heterocycles. The monoisotopic (exact) mass is 221 g/mol. The zero-order chi connectivity index (χ0) is 12.0. The van der Waals surface area contributed by atoms with Crippen molar-refractivity contribution in [1.82, 2.24) is 0 Å². The molecule has 86 valence electrons. The highest BCUT2D eigenvalue weighted by Crippen LogP contribution is 2.11. The van der Waals surface area contributed by atoms with Crippen molar-refractivity contribution in [3.63, 3.8) is 0 Å². The Kier molecular flexibility index (Phi) is 4.66. The molecule has 0 aliphatic heterocycles. The van der Waals surface area contributed by atoms with Crippen molar-refractivity contribution in [1.29, 1.82) is 0 Å². The fourth-order valence-corrected chi connectivity index (χ4v) is 1.52. The number of hydrogen-bond acceptors (Lipinski definition) is 3. The van der Waals surface area contributed by atoms with E-state index in [9.17, 15) is 9.59 Å². The first-order chi connectivity index (χ1) is 7.65. The lowest BCUT2D eigenvalue weighted by Gasteiger charge is -2.09. The van der Waals surface area contributed by atoms with Gasteiger partial charge in [0.2, 0.25) is 0 Å². The number of carboxylic acid groups (broad SMARTS) is 1. The summed E-state index contributed by atoms with van der Waals surface area (Å²) in [5, 5.41) is 8.88. The summed E-state index contributed by atoms with van der Waals surface area (Å²) >= 11 is 0. The average molecular weight is 221 g/mol. The summed E-state index contributed by atoms with van der Waals surface area (Å²) in [6.45, 7) is -0.217. The number of hydrogen-bond donors (Lipinski definition) is 2. The molecule has 1 unspecified atom stereocenters. The van der Waals surface area contributed by atoms with Gasteiger partial charge in [-0.15, -0.1) is 0 Å². The van der Waals surface area contributed by atoms with Crippen molar-refractivity contribution in [2.24, 2.45) is 11.7 Å². The van der Waals surface area contributed by atoms with E-state index >= 15 is 0 Å². The minimum absolute atomic E-state index is 0.217. The number of carbonyl (C=O) groups is 2. The number of nitrogens with two attached hydrogens (primary N) is 1. The van der Waals surface area contributed by atoms with Gasteiger partial charge in [-0.3, -0.25) is 9.59 Å². The smallest absolute Gasteiger partial charge is 0.314 e. The van der Waals surface area contributed by atoms with Gasteiger partial charge in [-0.2, -0.15) is 0 Å². The lowest BCUT2D eigenvalue weighted by atomic mass is 9.95. The predicted molar refractivity (Wildman–Crippen MR) is 60.0 cm³/mol. The van der Waals surface area contributed by atoms with Gasteiger partial charge >= 0.3 is 5.97 Å². The molecular weight excluding hydrogens is 206 g/mol. The number of Topliss-reactive ketones (excluding diaryl/α,β-unsaturated/α-hetero) is 1. The van der Waals surface area contributed by atoms with E-state index in [2.05, 4.69) is 0 Å². The van der Waals surface area contributed by atoms with Crippen LogP contribution in [0.5, 0.6) is 0 Å². The van der Waals surface area contributed by atoms with Crippen LogP contribution in [0.25, 0.3) is 0 Å². The lowest BCUT2D eigenvalue weighted by Crippen LogP contribution is -2.30. The van der Waals surface area contributed by atoms with Crippen LogP contribution in [0.4, 0.5) is 0 Å². The maximum atomic E-state index is 11.3. The molecule has 16 heavy (non-hydrogen) atoms. The molecule has 0 bridgehead atoms. The maximum Gasteiger partial charge on any atom is 0.314 e. The third-order valence-electron chi connectivity index (χ3n) is 2.45. The number of carbonyl (C=O) groups excluding carboxylic acids is 1. The third-order valence-corrected chi connectivity index (χ3v) is 2.45. The van der Waals surface area contributed by atoms with Gasteiger partial charge in [0.1, 0.15) is 5.92 Å². The molecule has 0 aliphatic rings. The van der Waals surface area contributed by atoms with Gasteiger partial charge in [0, 0.05) is 0 Å². The Morgan fingerprint density at radius 1 is 1.25 bits per heavy atom. The van der Waals surface area contributed by atoms with Crippen LogP contribution in [-0.4, -0.2) is 23.4 Å². The number of carboxylic acids is 1. The molecule has 1 aromatic rings. The van der Waals surface area contributed by atoms with E-state index in [1.807, 2.05) is 30.3 Å². The Hall–Kier alpha value is -1.68. The van der Waals surface area contributed by atoms with Crippen LogP contribution in [0.3, 0.4) is 0 Å². The number of aryl methyl sites for hydroxylation is 1. The molecule has 1 atom stereocenters. The second-order valence-electron chi connectivity index (χ2n) is 3.59. The van der Waals surface area contributed by atoms with Crippen molar-refractivity contribution in [3.05, 3.63) is 35.9 Å². The number of rotatable bonds is 6. The average Bonchev–Trinajstić information content (AvgIpc) is 2.30. The molecule has 0 amide bonds. The number of benzene rings is 1. The molecule has 0 fully saturated rings. The first-order valence-electron chi connectivity index (χ1n) is 5.14. The highest BCUT2D eigenvalue weighted by molar-refractivity contribution is 5.99. The lowest BCUT2D eigenvalue weighted by molar-refractivity contribution is -0.146. The molecule has 0 spiro atoms.